The standard InChI is InChI=1S/C30H23Br2FN2O4S/c1-3-23-25(29(37)38-2)26(19-7-5-4-6-8-19)35-28(36)24(40-30(35)34-23)15-18-13-21(31)27(22(32)14-18)39-16-17-9-11-20(33)12-10-17/h4-15,26H,3,16H2,1-2H3/b24-15-/t26-/m1/s1. The topological polar surface area (TPSA) is 69.9 Å². The first-order valence-electron chi connectivity index (χ1n) is 12.3. The van der Waals surface area contributed by atoms with Crippen LogP contribution in [0.5, 0.6) is 5.75 Å². The molecule has 1 aromatic heterocycles. The van der Waals surface area contributed by atoms with Crippen LogP contribution in [-0.2, 0) is 16.1 Å². The number of fused-ring (bicyclic) bond motifs is 1. The number of aromatic nitrogens is 1. The molecule has 1 aliphatic rings. The minimum absolute atomic E-state index is 0.252. The smallest absolute Gasteiger partial charge is 0.338 e. The molecular formula is C30H23Br2FN2O4S. The number of benzene rings is 3. The number of ether oxygens (including phenoxy) is 2. The van der Waals surface area contributed by atoms with Gasteiger partial charge in [0.25, 0.3) is 5.56 Å². The zero-order valence-corrected chi connectivity index (χ0v) is 25.5. The summed E-state index contributed by atoms with van der Waals surface area (Å²) < 4.78 is 27.7. The van der Waals surface area contributed by atoms with Crippen molar-refractivity contribution in [2.45, 2.75) is 26.0 Å². The molecular weight excluding hydrogens is 663 g/mol. The number of nitrogens with zero attached hydrogens (tertiary/aromatic N) is 2. The van der Waals surface area contributed by atoms with Crippen molar-refractivity contribution in [1.29, 1.82) is 0 Å². The average molecular weight is 686 g/mol. The molecule has 0 N–H and O–H groups in total. The van der Waals surface area contributed by atoms with E-state index in [1.165, 1.54) is 30.6 Å². The van der Waals surface area contributed by atoms with Gasteiger partial charge in [-0.3, -0.25) is 9.36 Å². The highest BCUT2D eigenvalue weighted by atomic mass is 79.9. The van der Waals surface area contributed by atoms with Crippen molar-refractivity contribution in [2.24, 2.45) is 4.99 Å². The molecule has 0 saturated heterocycles. The van der Waals surface area contributed by atoms with Gasteiger partial charge in [-0.05, 0) is 85.3 Å². The van der Waals surface area contributed by atoms with Crippen LogP contribution in [0, 0.1) is 5.82 Å². The Balaban J connectivity index is 1.56. The Bertz CT molecular complexity index is 1780. The summed E-state index contributed by atoms with van der Waals surface area (Å²) in [5.74, 6) is -0.224. The van der Waals surface area contributed by atoms with Crippen molar-refractivity contribution in [3.05, 3.63) is 129 Å². The molecule has 1 atom stereocenters. The van der Waals surface area contributed by atoms with Gasteiger partial charge in [0.2, 0.25) is 0 Å². The van der Waals surface area contributed by atoms with E-state index in [-0.39, 0.29) is 18.0 Å². The number of esters is 1. The molecule has 5 rings (SSSR count). The summed E-state index contributed by atoms with van der Waals surface area (Å²) in [5.41, 5.74) is 3.10. The molecule has 1 aliphatic heterocycles. The van der Waals surface area contributed by atoms with Crippen LogP contribution in [0.25, 0.3) is 6.08 Å². The molecule has 0 spiro atoms. The van der Waals surface area contributed by atoms with E-state index >= 15 is 0 Å². The van der Waals surface area contributed by atoms with Gasteiger partial charge < -0.3 is 9.47 Å². The lowest BCUT2D eigenvalue weighted by atomic mass is 9.95. The van der Waals surface area contributed by atoms with Crippen LogP contribution in [0.3, 0.4) is 0 Å². The summed E-state index contributed by atoms with van der Waals surface area (Å²) in [7, 11) is 1.33. The number of hydrogen-bond donors (Lipinski definition) is 0. The summed E-state index contributed by atoms with van der Waals surface area (Å²) >= 11 is 8.41. The van der Waals surface area contributed by atoms with Crippen molar-refractivity contribution in [2.75, 3.05) is 7.11 Å². The van der Waals surface area contributed by atoms with Gasteiger partial charge in [0, 0.05) is 0 Å². The minimum atomic E-state index is -0.650. The zero-order chi connectivity index (χ0) is 28.4. The third-order valence-corrected chi connectivity index (χ3v) is 8.54. The molecule has 204 valence electrons. The van der Waals surface area contributed by atoms with Gasteiger partial charge in [0.1, 0.15) is 18.2 Å². The fourth-order valence-electron chi connectivity index (χ4n) is 4.50. The van der Waals surface area contributed by atoms with E-state index in [1.807, 2.05) is 49.4 Å². The molecule has 0 aliphatic carbocycles. The van der Waals surface area contributed by atoms with Crippen molar-refractivity contribution in [1.82, 2.24) is 4.57 Å². The second-order valence-electron chi connectivity index (χ2n) is 8.93. The van der Waals surface area contributed by atoms with Gasteiger partial charge in [-0.25, -0.2) is 14.2 Å². The maximum absolute atomic E-state index is 13.8. The Morgan fingerprint density at radius 3 is 2.40 bits per heavy atom. The van der Waals surface area contributed by atoms with E-state index in [2.05, 4.69) is 31.9 Å². The number of rotatable bonds is 7. The highest BCUT2D eigenvalue weighted by molar-refractivity contribution is 9.11. The molecule has 0 fully saturated rings. The summed E-state index contributed by atoms with van der Waals surface area (Å²) in [6.45, 7) is 2.18. The predicted molar refractivity (Wildman–Crippen MR) is 159 cm³/mol. The third-order valence-electron chi connectivity index (χ3n) is 6.38. The van der Waals surface area contributed by atoms with E-state index in [1.54, 1.807) is 22.8 Å². The fraction of sp³-hybridized carbons (Fsp3) is 0.167. The number of carbonyl (C=O) groups is 1. The Labute approximate surface area is 250 Å². The van der Waals surface area contributed by atoms with Gasteiger partial charge >= 0.3 is 5.97 Å². The molecule has 0 radical (unpaired) electrons. The maximum Gasteiger partial charge on any atom is 0.338 e. The second-order valence-corrected chi connectivity index (χ2v) is 11.6. The van der Waals surface area contributed by atoms with Crippen LogP contribution < -0.4 is 19.6 Å². The quantitative estimate of drug-likeness (QED) is 0.223. The lowest BCUT2D eigenvalue weighted by molar-refractivity contribution is -0.136. The third kappa shape index (κ3) is 5.61. The van der Waals surface area contributed by atoms with Gasteiger partial charge in [0.15, 0.2) is 4.80 Å². The molecule has 40 heavy (non-hydrogen) atoms. The van der Waals surface area contributed by atoms with E-state index in [4.69, 9.17) is 14.5 Å². The fourth-order valence-corrected chi connectivity index (χ4v) is 6.97. The van der Waals surface area contributed by atoms with Crippen molar-refractivity contribution in [3.63, 3.8) is 0 Å². The summed E-state index contributed by atoms with van der Waals surface area (Å²) in [6.07, 6.45) is 2.30. The first kappa shape index (κ1) is 28.2. The number of halogens is 3. The largest absolute Gasteiger partial charge is 0.487 e. The molecule has 0 unspecified atom stereocenters. The molecule has 3 aromatic carbocycles. The Kier molecular flexibility index (Phi) is 8.48. The van der Waals surface area contributed by atoms with Gasteiger partial charge in [-0.15, -0.1) is 0 Å². The van der Waals surface area contributed by atoms with Crippen LogP contribution >= 0.6 is 43.2 Å². The summed E-state index contributed by atoms with van der Waals surface area (Å²) in [6, 6.07) is 18.6. The van der Waals surface area contributed by atoms with Crippen molar-refractivity contribution < 1.29 is 18.7 Å². The lowest BCUT2D eigenvalue weighted by Crippen LogP contribution is -2.40. The van der Waals surface area contributed by atoms with Gasteiger partial charge in [-0.2, -0.15) is 0 Å². The van der Waals surface area contributed by atoms with E-state index in [0.29, 0.717) is 41.7 Å². The maximum atomic E-state index is 13.8. The summed E-state index contributed by atoms with van der Waals surface area (Å²) in [4.78, 5) is 31.9. The summed E-state index contributed by atoms with van der Waals surface area (Å²) in [5, 5.41) is 0. The minimum Gasteiger partial charge on any atom is -0.487 e. The number of hydrogen-bond acceptors (Lipinski definition) is 6. The van der Waals surface area contributed by atoms with Crippen molar-refractivity contribution in [3.8, 4) is 5.75 Å². The Hall–Kier alpha value is -3.34. The molecule has 0 bridgehead atoms. The van der Waals surface area contributed by atoms with Crippen molar-refractivity contribution >= 4 is 55.2 Å². The monoisotopic (exact) mass is 684 g/mol. The highest BCUT2D eigenvalue weighted by Crippen LogP contribution is 2.36. The molecule has 0 amide bonds. The van der Waals surface area contributed by atoms with Crippen LogP contribution in [-0.4, -0.2) is 17.6 Å². The molecule has 2 heterocycles. The van der Waals surface area contributed by atoms with Crippen LogP contribution in [0.4, 0.5) is 4.39 Å². The average Bonchev–Trinajstić information content (AvgIpc) is 3.26. The Morgan fingerprint density at radius 1 is 1.10 bits per heavy atom. The van der Waals surface area contributed by atoms with Gasteiger partial charge in [-0.1, -0.05) is 60.7 Å². The van der Waals surface area contributed by atoms with E-state index < -0.39 is 12.0 Å². The number of carbonyl (C=O) groups excluding carboxylic acids is 1. The zero-order valence-electron chi connectivity index (χ0n) is 21.5. The van der Waals surface area contributed by atoms with Crippen LogP contribution in [0.1, 0.15) is 36.1 Å². The van der Waals surface area contributed by atoms with Crippen LogP contribution in [0.2, 0.25) is 0 Å². The predicted octanol–water partition coefficient (Wildman–Crippen LogP) is 6.04. The normalized spacial score (nSPS) is 15.0. The molecule has 4 aromatic rings. The molecule has 0 saturated carbocycles. The first-order chi connectivity index (χ1) is 19.3. The number of thiazole rings is 1. The Morgan fingerprint density at radius 2 is 1.77 bits per heavy atom. The second kappa shape index (κ2) is 12.0. The lowest BCUT2D eigenvalue weighted by Gasteiger charge is -2.25. The van der Waals surface area contributed by atoms with E-state index in [0.717, 1.165) is 16.7 Å². The first-order valence-corrected chi connectivity index (χ1v) is 14.7. The SMILES string of the molecule is CCC1=C(C(=O)OC)[C@@H](c2ccccc2)n2c(s/c(=C\c3cc(Br)c(OCc4ccc(F)cc4)c(Br)c3)c2=O)=N1. The van der Waals surface area contributed by atoms with Gasteiger partial charge in [0.05, 0.1) is 37.9 Å². The molecule has 10 heteroatoms. The number of allylic oxidation sites excluding steroid dienone is 1. The van der Waals surface area contributed by atoms with E-state index in [9.17, 15) is 14.0 Å². The molecule has 6 nitrogen and oxygen atoms in total. The van der Waals surface area contributed by atoms with Crippen LogP contribution in [0.15, 0.2) is 96.7 Å². The number of methoxy groups -OCH3 is 1. The highest BCUT2D eigenvalue weighted by Gasteiger charge is 2.33.